The molecule has 0 aliphatic heterocycles. The van der Waals surface area contributed by atoms with Crippen LogP contribution >= 0.6 is 0 Å². The fourth-order valence-corrected chi connectivity index (χ4v) is 3.30. The zero-order valence-corrected chi connectivity index (χ0v) is 13.8. The highest BCUT2D eigenvalue weighted by Crippen LogP contribution is 2.46. The molecule has 0 atom stereocenters. The van der Waals surface area contributed by atoms with Gasteiger partial charge < -0.3 is 14.6 Å². The summed E-state index contributed by atoms with van der Waals surface area (Å²) in [4.78, 5) is 11.5. The van der Waals surface area contributed by atoms with E-state index in [0.717, 1.165) is 19.3 Å². The molecule has 0 saturated heterocycles. The lowest BCUT2D eigenvalue weighted by molar-refractivity contribution is -0.132. The van der Waals surface area contributed by atoms with Crippen molar-refractivity contribution in [1.29, 1.82) is 0 Å². The van der Waals surface area contributed by atoms with Crippen molar-refractivity contribution >= 4 is 5.97 Å². The van der Waals surface area contributed by atoms with Crippen LogP contribution in [-0.4, -0.2) is 11.1 Å². The van der Waals surface area contributed by atoms with Gasteiger partial charge >= 0.3 is 5.97 Å². The maximum Gasteiger partial charge on any atom is 0.308 e. The summed E-state index contributed by atoms with van der Waals surface area (Å²) >= 11 is 0. The fraction of sp³-hybridized carbons (Fsp3) is 0.350. The Labute approximate surface area is 142 Å². The topological polar surface area (TPSA) is 55.8 Å². The van der Waals surface area contributed by atoms with Gasteiger partial charge in [-0.25, -0.2) is 0 Å². The fourth-order valence-electron chi connectivity index (χ4n) is 3.30. The highest BCUT2D eigenvalue weighted by molar-refractivity contribution is 5.70. The zero-order chi connectivity index (χ0) is 17.0. The van der Waals surface area contributed by atoms with E-state index in [-0.39, 0.29) is 0 Å². The second kappa shape index (κ2) is 7.05. The van der Waals surface area contributed by atoms with Crippen molar-refractivity contribution in [2.45, 2.75) is 44.6 Å². The quantitative estimate of drug-likeness (QED) is 0.661. The summed E-state index contributed by atoms with van der Waals surface area (Å²) in [6.45, 7) is 1.36. The molecule has 24 heavy (non-hydrogen) atoms. The van der Waals surface area contributed by atoms with Gasteiger partial charge in [0.25, 0.3) is 0 Å². The number of ether oxygens (including phenoxy) is 2. The smallest absolute Gasteiger partial charge is 0.308 e. The molecule has 0 unspecified atom stereocenters. The van der Waals surface area contributed by atoms with Crippen molar-refractivity contribution in [3.05, 3.63) is 54.1 Å². The molecule has 0 amide bonds. The Morgan fingerprint density at radius 1 is 0.958 bits per heavy atom. The van der Waals surface area contributed by atoms with Crippen LogP contribution in [0.5, 0.6) is 17.2 Å². The molecular formula is C20H22O4. The van der Waals surface area contributed by atoms with Crippen LogP contribution in [0.25, 0.3) is 0 Å². The van der Waals surface area contributed by atoms with E-state index in [1.54, 1.807) is 12.1 Å². The average molecular weight is 326 g/mol. The Bertz CT molecular complexity index is 703. The monoisotopic (exact) mass is 326 g/mol. The van der Waals surface area contributed by atoms with Crippen molar-refractivity contribution in [2.75, 3.05) is 0 Å². The van der Waals surface area contributed by atoms with Gasteiger partial charge in [0.15, 0.2) is 0 Å². The van der Waals surface area contributed by atoms with Crippen molar-refractivity contribution < 1.29 is 19.4 Å². The maximum atomic E-state index is 11.5. The first-order chi connectivity index (χ1) is 11.6. The molecule has 126 valence electrons. The molecule has 0 aromatic heterocycles. The molecule has 2 aromatic rings. The Morgan fingerprint density at radius 3 is 2.29 bits per heavy atom. The van der Waals surface area contributed by atoms with E-state index < -0.39 is 11.6 Å². The van der Waals surface area contributed by atoms with Crippen molar-refractivity contribution in [1.82, 2.24) is 0 Å². The van der Waals surface area contributed by atoms with E-state index in [4.69, 9.17) is 9.47 Å². The molecule has 1 aliphatic rings. The largest absolute Gasteiger partial charge is 0.457 e. The lowest BCUT2D eigenvalue weighted by Crippen LogP contribution is -2.30. The van der Waals surface area contributed by atoms with Crippen LogP contribution in [0.3, 0.4) is 0 Å². The molecule has 3 rings (SSSR count). The molecule has 0 radical (unpaired) electrons. The van der Waals surface area contributed by atoms with E-state index in [1.165, 1.54) is 6.92 Å². The van der Waals surface area contributed by atoms with Crippen LogP contribution in [-0.2, 0) is 10.4 Å². The normalized spacial score (nSPS) is 16.4. The summed E-state index contributed by atoms with van der Waals surface area (Å²) < 4.78 is 11.4. The zero-order valence-electron chi connectivity index (χ0n) is 13.8. The molecule has 1 fully saturated rings. The summed E-state index contributed by atoms with van der Waals surface area (Å²) in [6.07, 6.45) is 4.26. The van der Waals surface area contributed by atoms with Crippen molar-refractivity contribution in [3.8, 4) is 17.2 Å². The molecule has 1 saturated carbocycles. The number of rotatable bonds is 4. The lowest BCUT2D eigenvalue weighted by Gasteiger charge is -2.34. The summed E-state index contributed by atoms with van der Waals surface area (Å²) in [5.41, 5.74) is -0.460. The van der Waals surface area contributed by atoms with Gasteiger partial charge in [-0.15, -0.1) is 0 Å². The maximum absolute atomic E-state index is 11.5. The first kappa shape index (κ1) is 16.5. The third-order valence-electron chi connectivity index (χ3n) is 4.36. The Hall–Kier alpha value is -2.33. The summed E-state index contributed by atoms with van der Waals surface area (Å²) in [5, 5.41) is 11.2. The van der Waals surface area contributed by atoms with Crippen LogP contribution in [0.1, 0.15) is 44.6 Å². The Balaban J connectivity index is 2.05. The van der Waals surface area contributed by atoms with Crippen LogP contribution in [0, 0.1) is 0 Å². The molecule has 0 spiro atoms. The van der Waals surface area contributed by atoms with Crippen LogP contribution in [0.2, 0.25) is 0 Å². The van der Waals surface area contributed by atoms with Gasteiger partial charge in [0.1, 0.15) is 17.2 Å². The Morgan fingerprint density at radius 2 is 1.62 bits per heavy atom. The van der Waals surface area contributed by atoms with E-state index in [2.05, 4.69) is 0 Å². The second-order valence-corrected chi connectivity index (χ2v) is 6.23. The minimum Gasteiger partial charge on any atom is -0.457 e. The first-order valence-corrected chi connectivity index (χ1v) is 8.36. The molecule has 1 aliphatic carbocycles. The first-order valence-electron chi connectivity index (χ1n) is 8.36. The third-order valence-corrected chi connectivity index (χ3v) is 4.36. The van der Waals surface area contributed by atoms with Gasteiger partial charge in [0, 0.05) is 6.92 Å². The number of aliphatic hydroxyl groups is 1. The van der Waals surface area contributed by atoms with Crippen LogP contribution in [0.15, 0.2) is 48.5 Å². The number of carbonyl (C=O) groups is 1. The number of carbonyl (C=O) groups excluding carboxylic acids is 1. The third kappa shape index (κ3) is 3.60. The van der Waals surface area contributed by atoms with Gasteiger partial charge in [-0.05, 0) is 37.1 Å². The molecule has 1 N–H and O–H groups in total. The van der Waals surface area contributed by atoms with Crippen LogP contribution < -0.4 is 9.47 Å². The number of esters is 1. The van der Waals surface area contributed by atoms with Gasteiger partial charge in [0.05, 0.1) is 11.2 Å². The molecular weight excluding hydrogens is 304 g/mol. The molecule has 0 bridgehead atoms. The molecule has 4 heteroatoms. The summed E-state index contributed by atoms with van der Waals surface area (Å²) in [5.74, 6) is 1.18. The number of hydrogen-bond donors (Lipinski definition) is 1. The number of benzene rings is 2. The number of hydrogen-bond acceptors (Lipinski definition) is 4. The van der Waals surface area contributed by atoms with Gasteiger partial charge in [0.2, 0.25) is 0 Å². The Kier molecular flexibility index (Phi) is 4.86. The van der Waals surface area contributed by atoms with Crippen molar-refractivity contribution in [2.24, 2.45) is 0 Å². The second-order valence-electron chi connectivity index (χ2n) is 6.23. The van der Waals surface area contributed by atoms with E-state index in [1.807, 2.05) is 36.4 Å². The van der Waals surface area contributed by atoms with E-state index in [9.17, 15) is 9.90 Å². The SMILES string of the molecule is CC(=O)Oc1cccc(Oc2ccccc2)c1C1(O)CCCCC1. The van der Waals surface area contributed by atoms with E-state index in [0.29, 0.717) is 35.7 Å². The summed E-state index contributed by atoms with van der Waals surface area (Å²) in [6, 6.07) is 14.7. The predicted octanol–water partition coefficient (Wildman–Crippen LogP) is 4.56. The average Bonchev–Trinajstić information content (AvgIpc) is 2.56. The summed E-state index contributed by atoms with van der Waals surface area (Å²) in [7, 11) is 0. The molecule has 4 nitrogen and oxygen atoms in total. The predicted molar refractivity (Wildman–Crippen MR) is 91.2 cm³/mol. The highest BCUT2D eigenvalue weighted by Gasteiger charge is 2.37. The van der Waals surface area contributed by atoms with Gasteiger partial charge in [-0.1, -0.05) is 43.5 Å². The van der Waals surface area contributed by atoms with Crippen LogP contribution in [0.4, 0.5) is 0 Å². The van der Waals surface area contributed by atoms with Gasteiger partial charge in [-0.3, -0.25) is 4.79 Å². The molecule has 2 aromatic carbocycles. The van der Waals surface area contributed by atoms with Gasteiger partial charge in [-0.2, -0.15) is 0 Å². The minimum absolute atomic E-state index is 0.375. The molecule has 0 heterocycles. The number of para-hydroxylation sites is 1. The van der Waals surface area contributed by atoms with E-state index >= 15 is 0 Å². The lowest BCUT2D eigenvalue weighted by atomic mass is 9.79. The minimum atomic E-state index is -1.03. The highest BCUT2D eigenvalue weighted by atomic mass is 16.5. The van der Waals surface area contributed by atoms with Crippen molar-refractivity contribution in [3.63, 3.8) is 0 Å². The standard InChI is InChI=1S/C20H22O4/c1-15(21)23-17-11-8-12-18(24-16-9-4-2-5-10-16)19(17)20(22)13-6-3-7-14-20/h2,4-5,8-12,22H,3,6-7,13-14H2,1H3.